The molecule has 0 amide bonds. The summed E-state index contributed by atoms with van der Waals surface area (Å²) in [5, 5.41) is 8.86. The van der Waals surface area contributed by atoms with E-state index >= 15 is 0 Å². The van der Waals surface area contributed by atoms with Crippen molar-refractivity contribution in [3.8, 4) is 0 Å². The molecule has 1 rings (SSSR count). The summed E-state index contributed by atoms with van der Waals surface area (Å²) in [5.41, 5.74) is 0. The number of aliphatic carboxylic acids is 1. The molecular weight excluding hydrogens is 196 g/mol. The highest BCUT2D eigenvalue weighted by atomic mass is 16.5. The van der Waals surface area contributed by atoms with Crippen LogP contribution in [-0.4, -0.2) is 23.7 Å². The molecule has 0 saturated heterocycles. The van der Waals surface area contributed by atoms with Crippen molar-refractivity contribution in [1.82, 2.24) is 0 Å². The molecule has 15 heavy (non-hydrogen) atoms. The Bertz CT molecular complexity index is 237. The number of carboxylic acid groups (broad SMARTS) is 1. The monoisotopic (exact) mass is 214 g/mol. The van der Waals surface area contributed by atoms with Gasteiger partial charge in [0.25, 0.3) is 0 Å². The highest BCUT2D eigenvalue weighted by Gasteiger charge is 2.31. The standard InChI is InChI=1S/C11H18O4/c1-2-6-15-11(14)9-5-3-4-8(7-9)10(12)13/h8-9H,2-7H2,1H3,(H,12,13)/t8-,9+/m0/s1. The van der Waals surface area contributed by atoms with Crippen LogP contribution in [0.4, 0.5) is 0 Å². The summed E-state index contributed by atoms with van der Waals surface area (Å²) in [6.45, 7) is 2.38. The summed E-state index contributed by atoms with van der Waals surface area (Å²) in [5.74, 6) is -1.57. The predicted octanol–water partition coefficient (Wildman–Crippen LogP) is 1.83. The molecule has 0 bridgehead atoms. The van der Waals surface area contributed by atoms with Crippen LogP contribution in [0.15, 0.2) is 0 Å². The number of hydrogen-bond donors (Lipinski definition) is 1. The number of rotatable bonds is 4. The largest absolute Gasteiger partial charge is 0.481 e. The Kier molecular flexibility index (Phi) is 4.59. The molecule has 1 N–H and O–H groups in total. The molecular formula is C11H18O4. The number of carbonyl (C=O) groups excluding carboxylic acids is 1. The van der Waals surface area contributed by atoms with Crippen LogP contribution < -0.4 is 0 Å². The second-order valence-corrected chi connectivity index (χ2v) is 4.07. The van der Waals surface area contributed by atoms with E-state index in [1.54, 1.807) is 0 Å². The molecule has 1 fully saturated rings. The third kappa shape index (κ3) is 3.53. The van der Waals surface area contributed by atoms with Crippen molar-refractivity contribution < 1.29 is 19.4 Å². The van der Waals surface area contributed by atoms with Gasteiger partial charge in [-0.2, -0.15) is 0 Å². The fourth-order valence-electron chi connectivity index (χ4n) is 1.95. The lowest BCUT2D eigenvalue weighted by Gasteiger charge is -2.24. The van der Waals surface area contributed by atoms with Crippen LogP contribution in [0.25, 0.3) is 0 Å². The average molecular weight is 214 g/mol. The van der Waals surface area contributed by atoms with Crippen LogP contribution in [-0.2, 0) is 14.3 Å². The van der Waals surface area contributed by atoms with Crippen LogP contribution >= 0.6 is 0 Å². The van der Waals surface area contributed by atoms with E-state index in [0.717, 1.165) is 19.3 Å². The van der Waals surface area contributed by atoms with Gasteiger partial charge in [0.05, 0.1) is 18.4 Å². The van der Waals surface area contributed by atoms with E-state index in [4.69, 9.17) is 9.84 Å². The zero-order valence-corrected chi connectivity index (χ0v) is 9.07. The van der Waals surface area contributed by atoms with E-state index < -0.39 is 5.97 Å². The maximum atomic E-state index is 11.5. The molecule has 1 aliphatic rings. The number of carboxylic acids is 1. The fourth-order valence-corrected chi connectivity index (χ4v) is 1.95. The Morgan fingerprint density at radius 3 is 2.60 bits per heavy atom. The van der Waals surface area contributed by atoms with E-state index in [1.807, 2.05) is 6.92 Å². The van der Waals surface area contributed by atoms with Gasteiger partial charge in [0.1, 0.15) is 0 Å². The molecule has 4 nitrogen and oxygen atoms in total. The summed E-state index contributed by atoms with van der Waals surface area (Å²) in [4.78, 5) is 22.3. The van der Waals surface area contributed by atoms with Crippen LogP contribution in [0.2, 0.25) is 0 Å². The lowest BCUT2D eigenvalue weighted by Crippen LogP contribution is -2.28. The zero-order chi connectivity index (χ0) is 11.3. The summed E-state index contributed by atoms with van der Waals surface area (Å²) in [6.07, 6.45) is 3.51. The predicted molar refractivity (Wildman–Crippen MR) is 54.3 cm³/mol. The van der Waals surface area contributed by atoms with Crippen LogP contribution in [0, 0.1) is 11.8 Å². The van der Waals surface area contributed by atoms with Gasteiger partial charge in [0.2, 0.25) is 0 Å². The van der Waals surface area contributed by atoms with Gasteiger partial charge in [-0.05, 0) is 25.7 Å². The molecule has 0 unspecified atom stereocenters. The minimum atomic E-state index is -0.789. The summed E-state index contributed by atoms with van der Waals surface area (Å²) in [7, 11) is 0. The Morgan fingerprint density at radius 2 is 2.00 bits per heavy atom. The lowest BCUT2D eigenvalue weighted by atomic mass is 9.81. The smallest absolute Gasteiger partial charge is 0.308 e. The van der Waals surface area contributed by atoms with Gasteiger partial charge >= 0.3 is 11.9 Å². The maximum absolute atomic E-state index is 11.5. The van der Waals surface area contributed by atoms with E-state index in [2.05, 4.69) is 0 Å². The number of carbonyl (C=O) groups is 2. The third-order valence-corrected chi connectivity index (χ3v) is 2.81. The van der Waals surface area contributed by atoms with Gasteiger partial charge in [-0.1, -0.05) is 13.3 Å². The van der Waals surface area contributed by atoms with Crippen LogP contribution in [0.3, 0.4) is 0 Å². The Balaban J connectivity index is 2.41. The summed E-state index contributed by atoms with van der Waals surface area (Å²) < 4.78 is 5.03. The van der Waals surface area contributed by atoms with Gasteiger partial charge < -0.3 is 9.84 Å². The molecule has 0 radical (unpaired) electrons. The van der Waals surface area contributed by atoms with Crippen LogP contribution in [0.1, 0.15) is 39.0 Å². The van der Waals surface area contributed by atoms with Crippen molar-refractivity contribution in [3.05, 3.63) is 0 Å². The van der Waals surface area contributed by atoms with Gasteiger partial charge in [-0.25, -0.2) is 0 Å². The van der Waals surface area contributed by atoms with Gasteiger partial charge in [-0.15, -0.1) is 0 Å². The first-order valence-electron chi connectivity index (χ1n) is 5.54. The Hall–Kier alpha value is -1.06. The summed E-state index contributed by atoms with van der Waals surface area (Å²) >= 11 is 0. The lowest BCUT2D eigenvalue weighted by molar-refractivity contribution is -0.152. The molecule has 4 heteroatoms. The number of ether oxygens (including phenoxy) is 1. The second kappa shape index (κ2) is 5.73. The van der Waals surface area contributed by atoms with E-state index in [-0.39, 0.29) is 17.8 Å². The average Bonchev–Trinajstić information content (AvgIpc) is 2.26. The molecule has 0 aromatic heterocycles. The molecule has 0 aliphatic heterocycles. The van der Waals surface area contributed by atoms with E-state index in [1.165, 1.54) is 0 Å². The van der Waals surface area contributed by atoms with Gasteiger partial charge in [0, 0.05) is 0 Å². The molecule has 0 aromatic rings. The molecule has 1 aliphatic carbocycles. The van der Waals surface area contributed by atoms with Crippen molar-refractivity contribution in [2.24, 2.45) is 11.8 Å². The number of hydrogen-bond acceptors (Lipinski definition) is 3. The van der Waals surface area contributed by atoms with Crippen molar-refractivity contribution in [1.29, 1.82) is 0 Å². The first-order chi connectivity index (χ1) is 7.15. The Labute approximate surface area is 89.6 Å². The summed E-state index contributed by atoms with van der Waals surface area (Å²) in [6, 6.07) is 0. The van der Waals surface area contributed by atoms with E-state index in [0.29, 0.717) is 19.4 Å². The Morgan fingerprint density at radius 1 is 1.33 bits per heavy atom. The van der Waals surface area contributed by atoms with Crippen molar-refractivity contribution >= 4 is 11.9 Å². The first-order valence-corrected chi connectivity index (χ1v) is 5.54. The topological polar surface area (TPSA) is 63.6 Å². The third-order valence-electron chi connectivity index (χ3n) is 2.81. The zero-order valence-electron chi connectivity index (χ0n) is 9.07. The van der Waals surface area contributed by atoms with Gasteiger partial charge in [0.15, 0.2) is 0 Å². The van der Waals surface area contributed by atoms with Gasteiger partial charge in [-0.3, -0.25) is 9.59 Å². The molecule has 0 heterocycles. The normalized spacial score (nSPS) is 25.9. The SMILES string of the molecule is CCCOC(=O)[C@@H]1CCC[C@H](C(=O)O)C1. The molecule has 0 aromatic carbocycles. The van der Waals surface area contributed by atoms with Crippen LogP contribution in [0.5, 0.6) is 0 Å². The minimum absolute atomic E-state index is 0.202. The second-order valence-electron chi connectivity index (χ2n) is 4.07. The number of esters is 1. The minimum Gasteiger partial charge on any atom is -0.481 e. The first kappa shape index (κ1) is 12.0. The highest BCUT2D eigenvalue weighted by Crippen LogP contribution is 2.29. The quantitative estimate of drug-likeness (QED) is 0.725. The molecule has 0 spiro atoms. The highest BCUT2D eigenvalue weighted by molar-refractivity contribution is 5.75. The van der Waals surface area contributed by atoms with Crippen molar-refractivity contribution in [3.63, 3.8) is 0 Å². The molecule has 86 valence electrons. The van der Waals surface area contributed by atoms with Crippen molar-refractivity contribution in [2.45, 2.75) is 39.0 Å². The fraction of sp³-hybridized carbons (Fsp3) is 0.818. The maximum Gasteiger partial charge on any atom is 0.308 e. The van der Waals surface area contributed by atoms with E-state index in [9.17, 15) is 9.59 Å². The molecule has 1 saturated carbocycles. The molecule has 2 atom stereocenters. The van der Waals surface area contributed by atoms with Crippen molar-refractivity contribution in [2.75, 3.05) is 6.61 Å².